The van der Waals surface area contributed by atoms with E-state index in [4.69, 9.17) is 11.0 Å². The molecule has 0 fully saturated rings. The van der Waals surface area contributed by atoms with Gasteiger partial charge in [-0.25, -0.2) is 4.98 Å². The Balaban J connectivity index is 2.51. The predicted octanol–water partition coefficient (Wildman–Crippen LogP) is 2.02. The van der Waals surface area contributed by atoms with Crippen LogP contribution in [0.5, 0.6) is 0 Å². The molecule has 16 heavy (non-hydrogen) atoms. The lowest BCUT2D eigenvalue weighted by Gasteiger charge is -2.04. The summed E-state index contributed by atoms with van der Waals surface area (Å²) < 4.78 is 1.95. The first-order valence-electron chi connectivity index (χ1n) is 5.07. The van der Waals surface area contributed by atoms with E-state index in [1.54, 1.807) is 6.20 Å². The molecule has 4 heteroatoms. The van der Waals surface area contributed by atoms with Gasteiger partial charge in [0.2, 0.25) is 0 Å². The standard InChI is InChI=1S/C12H12N4/c1-2-16-8-11(7-13)15-12(16)9-3-5-10(14)6-4-9/h3-6,8H,2,14H2,1H3. The second-order valence-corrected chi connectivity index (χ2v) is 3.47. The first kappa shape index (κ1) is 10.2. The Morgan fingerprint density at radius 1 is 1.38 bits per heavy atom. The second kappa shape index (κ2) is 4.07. The molecule has 0 aliphatic carbocycles. The molecule has 4 nitrogen and oxygen atoms in total. The zero-order valence-electron chi connectivity index (χ0n) is 9.01. The summed E-state index contributed by atoms with van der Waals surface area (Å²) >= 11 is 0. The number of anilines is 1. The molecule has 1 aromatic carbocycles. The second-order valence-electron chi connectivity index (χ2n) is 3.47. The summed E-state index contributed by atoms with van der Waals surface area (Å²) in [5.41, 5.74) is 7.76. The van der Waals surface area contributed by atoms with E-state index in [-0.39, 0.29) is 0 Å². The highest BCUT2D eigenvalue weighted by Gasteiger charge is 2.08. The molecule has 0 unspecified atom stereocenters. The van der Waals surface area contributed by atoms with Crippen molar-refractivity contribution in [1.29, 1.82) is 5.26 Å². The molecule has 0 bridgehead atoms. The molecule has 0 spiro atoms. The number of imidazole rings is 1. The molecule has 1 aromatic heterocycles. The Morgan fingerprint density at radius 2 is 2.06 bits per heavy atom. The summed E-state index contributed by atoms with van der Waals surface area (Å²) in [5.74, 6) is 0.805. The van der Waals surface area contributed by atoms with Gasteiger partial charge in [0.15, 0.2) is 5.69 Å². The number of nitrogens with two attached hydrogens (primary N) is 1. The third kappa shape index (κ3) is 1.75. The third-order valence-corrected chi connectivity index (χ3v) is 2.40. The molecule has 0 aliphatic heterocycles. The molecule has 0 atom stereocenters. The maximum Gasteiger partial charge on any atom is 0.159 e. The van der Waals surface area contributed by atoms with E-state index in [0.717, 1.165) is 23.6 Å². The number of hydrogen-bond acceptors (Lipinski definition) is 3. The molecule has 2 rings (SSSR count). The Kier molecular flexibility index (Phi) is 2.61. The van der Waals surface area contributed by atoms with Gasteiger partial charge in [-0.1, -0.05) is 0 Å². The zero-order valence-corrected chi connectivity index (χ0v) is 9.01. The first-order chi connectivity index (χ1) is 7.74. The molecule has 0 saturated heterocycles. The van der Waals surface area contributed by atoms with Crippen molar-refractivity contribution in [2.75, 3.05) is 5.73 Å². The summed E-state index contributed by atoms with van der Waals surface area (Å²) in [6.45, 7) is 2.80. The van der Waals surface area contributed by atoms with Crippen molar-refractivity contribution in [3.8, 4) is 17.5 Å². The van der Waals surface area contributed by atoms with Crippen LogP contribution >= 0.6 is 0 Å². The maximum absolute atomic E-state index is 8.82. The molecule has 0 amide bonds. The quantitative estimate of drug-likeness (QED) is 0.774. The lowest BCUT2D eigenvalue weighted by molar-refractivity contribution is 0.770. The summed E-state index contributed by atoms with van der Waals surface area (Å²) in [6.07, 6.45) is 1.76. The zero-order chi connectivity index (χ0) is 11.5. The molecule has 80 valence electrons. The van der Waals surface area contributed by atoms with Gasteiger partial charge in [-0.15, -0.1) is 0 Å². The van der Waals surface area contributed by atoms with Gasteiger partial charge in [0.05, 0.1) is 0 Å². The number of nitriles is 1. The minimum atomic E-state index is 0.439. The number of rotatable bonds is 2. The van der Waals surface area contributed by atoms with Gasteiger partial charge in [0, 0.05) is 24.0 Å². The fraction of sp³-hybridized carbons (Fsp3) is 0.167. The van der Waals surface area contributed by atoms with Crippen LogP contribution in [0.3, 0.4) is 0 Å². The Bertz CT molecular complexity index is 531. The molecule has 0 saturated carbocycles. The smallest absolute Gasteiger partial charge is 0.159 e. The van der Waals surface area contributed by atoms with E-state index < -0.39 is 0 Å². The van der Waals surface area contributed by atoms with E-state index >= 15 is 0 Å². The van der Waals surface area contributed by atoms with E-state index in [0.29, 0.717) is 5.69 Å². The van der Waals surface area contributed by atoms with Crippen LogP contribution in [0.2, 0.25) is 0 Å². The summed E-state index contributed by atoms with van der Waals surface area (Å²) in [7, 11) is 0. The number of aryl methyl sites for hydroxylation is 1. The SMILES string of the molecule is CCn1cc(C#N)nc1-c1ccc(N)cc1. The fourth-order valence-corrected chi connectivity index (χ4v) is 1.57. The molecule has 1 heterocycles. The maximum atomic E-state index is 8.82. The van der Waals surface area contributed by atoms with Gasteiger partial charge in [-0.05, 0) is 31.2 Å². The van der Waals surface area contributed by atoms with Crippen LogP contribution < -0.4 is 5.73 Å². The minimum absolute atomic E-state index is 0.439. The van der Waals surface area contributed by atoms with Crippen molar-refractivity contribution in [1.82, 2.24) is 9.55 Å². The Hall–Kier alpha value is -2.28. The highest BCUT2D eigenvalue weighted by atomic mass is 15.1. The van der Waals surface area contributed by atoms with Crippen LogP contribution in [-0.4, -0.2) is 9.55 Å². The number of benzene rings is 1. The number of nitrogens with zero attached hydrogens (tertiary/aromatic N) is 3. The van der Waals surface area contributed by atoms with E-state index in [9.17, 15) is 0 Å². The van der Waals surface area contributed by atoms with E-state index in [1.807, 2.05) is 41.8 Å². The van der Waals surface area contributed by atoms with Crippen molar-refractivity contribution < 1.29 is 0 Å². The highest BCUT2D eigenvalue weighted by molar-refractivity contribution is 5.60. The average molecular weight is 212 g/mol. The van der Waals surface area contributed by atoms with Gasteiger partial charge >= 0.3 is 0 Å². The lowest BCUT2D eigenvalue weighted by atomic mass is 10.2. The lowest BCUT2D eigenvalue weighted by Crippen LogP contribution is -1.96. The van der Waals surface area contributed by atoms with Gasteiger partial charge in [-0.2, -0.15) is 5.26 Å². The number of hydrogen-bond donors (Lipinski definition) is 1. The Morgan fingerprint density at radius 3 is 2.62 bits per heavy atom. The topological polar surface area (TPSA) is 67.6 Å². The van der Waals surface area contributed by atoms with Gasteiger partial charge in [0.25, 0.3) is 0 Å². The van der Waals surface area contributed by atoms with Crippen LogP contribution in [0.15, 0.2) is 30.5 Å². The van der Waals surface area contributed by atoms with E-state index in [2.05, 4.69) is 4.98 Å². The minimum Gasteiger partial charge on any atom is -0.399 e. The predicted molar refractivity (Wildman–Crippen MR) is 62.5 cm³/mol. The summed E-state index contributed by atoms with van der Waals surface area (Å²) in [5, 5.41) is 8.82. The monoisotopic (exact) mass is 212 g/mol. The molecule has 0 aliphatic rings. The van der Waals surface area contributed by atoms with Gasteiger partial charge in [0.1, 0.15) is 11.9 Å². The van der Waals surface area contributed by atoms with Crippen molar-refractivity contribution in [2.45, 2.75) is 13.5 Å². The van der Waals surface area contributed by atoms with Crippen LogP contribution in [-0.2, 0) is 6.54 Å². The fourth-order valence-electron chi connectivity index (χ4n) is 1.57. The van der Waals surface area contributed by atoms with Gasteiger partial charge < -0.3 is 10.3 Å². The molecule has 2 N–H and O–H groups in total. The third-order valence-electron chi connectivity index (χ3n) is 2.40. The van der Waals surface area contributed by atoms with E-state index in [1.165, 1.54) is 0 Å². The number of aromatic nitrogens is 2. The van der Waals surface area contributed by atoms with Crippen molar-refractivity contribution in [3.63, 3.8) is 0 Å². The van der Waals surface area contributed by atoms with Crippen LogP contribution in [0.1, 0.15) is 12.6 Å². The Labute approximate surface area is 94.0 Å². The molecule has 0 radical (unpaired) electrons. The molecule has 2 aromatic rings. The average Bonchev–Trinajstić information content (AvgIpc) is 2.73. The summed E-state index contributed by atoms with van der Waals surface area (Å²) in [4.78, 5) is 4.26. The summed E-state index contributed by atoms with van der Waals surface area (Å²) in [6, 6.07) is 9.52. The van der Waals surface area contributed by atoms with Crippen LogP contribution in [0.25, 0.3) is 11.4 Å². The number of nitrogen functional groups attached to an aromatic ring is 1. The molecular weight excluding hydrogens is 200 g/mol. The van der Waals surface area contributed by atoms with Gasteiger partial charge in [-0.3, -0.25) is 0 Å². The van der Waals surface area contributed by atoms with Crippen molar-refractivity contribution in [3.05, 3.63) is 36.2 Å². The normalized spacial score (nSPS) is 10.0. The van der Waals surface area contributed by atoms with Crippen LogP contribution in [0, 0.1) is 11.3 Å². The van der Waals surface area contributed by atoms with Crippen LogP contribution in [0.4, 0.5) is 5.69 Å². The highest BCUT2D eigenvalue weighted by Crippen LogP contribution is 2.20. The first-order valence-corrected chi connectivity index (χ1v) is 5.07. The largest absolute Gasteiger partial charge is 0.399 e. The van der Waals surface area contributed by atoms with Crippen molar-refractivity contribution in [2.24, 2.45) is 0 Å². The van der Waals surface area contributed by atoms with Crippen molar-refractivity contribution >= 4 is 5.69 Å². The molecular formula is C12H12N4.